The van der Waals surface area contributed by atoms with Crippen LogP contribution in [0, 0.1) is 5.82 Å². The van der Waals surface area contributed by atoms with Crippen molar-refractivity contribution in [1.82, 2.24) is 19.6 Å². The highest BCUT2D eigenvalue weighted by Crippen LogP contribution is 2.33. The molecule has 2 aliphatic heterocycles. The second kappa shape index (κ2) is 9.68. The quantitative estimate of drug-likeness (QED) is 0.716. The minimum Gasteiger partial charge on any atom is -0.475 e. The second-order valence-electron chi connectivity index (χ2n) is 7.90. The van der Waals surface area contributed by atoms with Crippen molar-refractivity contribution < 1.29 is 32.3 Å². The van der Waals surface area contributed by atoms with Crippen molar-refractivity contribution in [2.75, 3.05) is 13.1 Å². The number of hydrogen-bond donors (Lipinski definition) is 1. The molecule has 3 heterocycles. The number of hydrogen-bond acceptors (Lipinski definition) is 4. The standard InChI is InChI=1S/C19H23FN4O.C2HF3O2/c1-22-12-15(11-21-22)13-23-7-5-18-17(23)6-8-24(18)19(25)10-14-3-2-4-16(20)9-14;3-2(4,5)1(6)7/h2-4,9,11-12,17-18H,5-8,10,13H2,1H3;(H,6,7)/t17-,18+;/m0./s1. The van der Waals surface area contributed by atoms with Crippen LogP contribution in [0.5, 0.6) is 0 Å². The fourth-order valence-corrected chi connectivity index (χ4v) is 4.29. The summed E-state index contributed by atoms with van der Waals surface area (Å²) in [7, 11) is 1.93. The van der Waals surface area contributed by atoms with Gasteiger partial charge >= 0.3 is 12.1 Å². The number of nitrogens with zero attached hydrogens (tertiary/aromatic N) is 4. The molecule has 2 fully saturated rings. The molecule has 1 aromatic carbocycles. The number of fused-ring (bicyclic) bond motifs is 1. The number of aliphatic carboxylic acids is 1. The second-order valence-corrected chi connectivity index (χ2v) is 7.90. The molecular formula is C21H24F4N4O3. The van der Waals surface area contributed by atoms with Gasteiger partial charge in [0.05, 0.1) is 12.6 Å². The van der Waals surface area contributed by atoms with E-state index < -0.39 is 12.1 Å². The van der Waals surface area contributed by atoms with Crippen LogP contribution in [0.3, 0.4) is 0 Å². The lowest BCUT2D eigenvalue weighted by Crippen LogP contribution is -2.40. The maximum absolute atomic E-state index is 13.3. The van der Waals surface area contributed by atoms with E-state index in [1.54, 1.807) is 6.07 Å². The molecule has 0 unspecified atom stereocenters. The van der Waals surface area contributed by atoms with E-state index >= 15 is 0 Å². The average Bonchev–Trinajstić information content (AvgIpc) is 3.39. The van der Waals surface area contributed by atoms with Crippen LogP contribution in [0.25, 0.3) is 0 Å². The number of benzene rings is 1. The Morgan fingerprint density at radius 2 is 1.84 bits per heavy atom. The van der Waals surface area contributed by atoms with Crippen LogP contribution in [-0.2, 0) is 29.6 Å². The van der Waals surface area contributed by atoms with E-state index in [0.29, 0.717) is 6.04 Å². The highest BCUT2D eigenvalue weighted by Gasteiger charge is 2.44. The fourth-order valence-electron chi connectivity index (χ4n) is 4.29. The zero-order chi connectivity index (χ0) is 23.5. The molecule has 0 saturated carbocycles. The summed E-state index contributed by atoms with van der Waals surface area (Å²) in [6.07, 6.45) is 1.19. The SMILES string of the molecule is Cn1cc(CN2CC[C@@H]3[C@@H]2CCN3C(=O)Cc2cccc(F)c2)cn1.O=C(O)C(F)(F)F. The lowest BCUT2D eigenvalue weighted by Gasteiger charge is -2.25. The number of rotatable bonds is 4. The first-order valence-electron chi connectivity index (χ1n) is 10.1. The molecule has 0 bridgehead atoms. The molecule has 1 amide bonds. The summed E-state index contributed by atoms with van der Waals surface area (Å²) in [5.74, 6) is -2.93. The molecule has 7 nitrogen and oxygen atoms in total. The Morgan fingerprint density at radius 3 is 2.44 bits per heavy atom. The van der Waals surface area contributed by atoms with Gasteiger partial charge in [-0.1, -0.05) is 12.1 Å². The summed E-state index contributed by atoms with van der Waals surface area (Å²) in [6, 6.07) is 7.06. The number of aromatic nitrogens is 2. The number of likely N-dealkylation sites (tertiary alicyclic amines) is 2. The molecule has 2 atom stereocenters. The van der Waals surface area contributed by atoms with Gasteiger partial charge in [0.2, 0.25) is 5.91 Å². The van der Waals surface area contributed by atoms with Gasteiger partial charge in [-0.3, -0.25) is 14.4 Å². The zero-order valence-corrected chi connectivity index (χ0v) is 17.4. The summed E-state index contributed by atoms with van der Waals surface area (Å²) in [5.41, 5.74) is 1.96. The molecule has 0 spiro atoms. The van der Waals surface area contributed by atoms with Crippen LogP contribution in [0.2, 0.25) is 0 Å². The number of carboxylic acids is 1. The first-order chi connectivity index (χ1) is 15.0. The molecule has 32 heavy (non-hydrogen) atoms. The van der Waals surface area contributed by atoms with Crippen molar-refractivity contribution in [3.63, 3.8) is 0 Å². The molecule has 174 valence electrons. The van der Waals surface area contributed by atoms with E-state index in [1.807, 2.05) is 28.9 Å². The van der Waals surface area contributed by atoms with Gasteiger partial charge in [-0.25, -0.2) is 9.18 Å². The van der Waals surface area contributed by atoms with E-state index in [2.05, 4.69) is 16.2 Å². The van der Waals surface area contributed by atoms with E-state index in [9.17, 15) is 22.4 Å². The molecule has 2 aromatic rings. The van der Waals surface area contributed by atoms with Crippen LogP contribution in [0.1, 0.15) is 24.0 Å². The van der Waals surface area contributed by atoms with Crippen molar-refractivity contribution in [2.24, 2.45) is 7.05 Å². The number of halogens is 4. The molecular weight excluding hydrogens is 432 g/mol. The Kier molecular flexibility index (Phi) is 7.17. The van der Waals surface area contributed by atoms with Gasteiger partial charge in [-0.15, -0.1) is 0 Å². The maximum atomic E-state index is 13.3. The first kappa shape index (κ1) is 23.7. The van der Waals surface area contributed by atoms with Gasteiger partial charge in [-0.05, 0) is 30.5 Å². The highest BCUT2D eigenvalue weighted by molar-refractivity contribution is 5.79. The summed E-state index contributed by atoms with van der Waals surface area (Å²) in [6.45, 7) is 2.70. The Labute approximate surface area is 182 Å². The largest absolute Gasteiger partial charge is 0.490 e. The van der Waals surface area contributed by atoms with Crippen LogP contribution in [-0.4, -0.2) is 67.9 Å². The minimum absolute atomic E-state index is 0.112. The van der Waals surface area contributed by atoms with E-state index in [1.165, 1.54) is 17.7 Å². The third-order valence-corrected chi connectivity index (χ3v) is 5.64. The third-order valence-electron chi connectivity index (χ3n) is 5.64. The van der Waals surface area contributed by atoms with Crippen molar-refractivity contribution in [1.29, 1.82) is 0 Å². The van der Waals surface area contributed by atoms with Gasteiger partial charge < -0.3 is 10.0 Å². The molecule has 2 aliphatic rings. The van der Waals surface area contributed by atoms with Crippen molar-refractivity contribution >= 4 is 11.9 Å². The monoisotopic (exact) mass is 456 g/mol. The predicted molar refractivity (Wildman–Crippen MR) is 106 cm³/mol. The lowest BCUT2D eigenvalue weighted by molar-refractivity contribution is -0.192. The number of alkyl halides is 3. The third kappa shape index (κ3) is 5.84. The van der Waals surface area contributed by atoms with Gasteiger partial charge in [0.15, 0.2) is 0 Å². The molecule has 4 rings (SSSR count). The van der Waals surface area contributed by atoms with E-state index in [4.69, 9.17) is 9.90 Å². The highest BCUT2D eigenvalue weighted by atomic mass is 19.4. The summed E-state index contributed by atoms with van der Waals surface area (Å²) >= 11 is 0. The van der Waals surface area contributed by atoms with Crippen molar-refractivity contribution in [3.8, 4) is 0 Å². The molecule has 1 aromatic heterocycles. The van der Waals surface area contributed by atoms with E-state index in [-0.39, 0.29) is 24.2 Å². The molecule has 2 saturated heterocycles. The lowest BCUT2D eigenvalue weighted by atomic mass is 10.1. The molecule has 1 N–H and O–H groups in total. The van der Waals surface area contributed by atoms with Gasteiger partial charge in [0.1, 0.15) is 5.82 Å². The molecule has 0 radical (unpaired) electrons. The smallest absolute Gasteiger partial charge is 0.475 e. The zero-order valence-electron chi connectivity index (χ0n) is 17.4. The predicted octanol–water partition coefficient (Wildman–Crippen LogP) is 2.61. The van der Waals surface area contributed by atoms with Crippen LogP contribution in [0.4, 0.5) is 17.6 Å². The van der Waals surface area contributed by atoms with Crippen LogP contribution in [0.15, 0.2) is 36.7 Å². The van der Waals surface area contributed by atoms with Crippen LogP contribution < -0.4 is 0 Å². The number of amides is 1. The van der Waals surface area contributed by atoms with Gasteiger partial charge in [-0.2, -0.15) is 18.3 Å². The Balaban J connectivity index is 0.000000360. The van der Waals surface area contributed by atoms with Gasteiger partial charge in [0.25, 0.3) is 0 Å². The normalized spacial score (nSPS) is 20.6. The first-order valence-corrected chi connectivity index (χ1v) is 10.1. The number of carbonyl (C=O) groups excluding carboxylic acids is 1. The fraction of sp³-hybridized carbons (Fsp3) is 0.476. The Morgan fingerprint density at radius 1 is 1.16 bits per heavy atom. The van der Waals surface area contributed by atoms with Gasteiger partial charge in [0, 0.05) is 50.5 Å². The molecule has 0 aliphatic carbocycles. The maximum Gasteiger partial charge on any atom is 0.490 e. The topological polar surface area (TPSA) is 78.7 Å². The number of carbonyl (C=O) groups is 2. The Hall–Kier alpha value is -2.95. The van der Waals surface area contributed by atoms with Crippen LogP contribution >= 0.6 is 0 Å². The van der Waals surface area contributed by atoms with Crippen molar-refractivity contribution in [3.05, 3.63) is 53.6 Å². The summed E-state index contributed by atoms with van der Waals surface area (Å²) in [5, 5.41) is 11.4. The number of aryl methyl sites for hydroxylation is 1. The van der Waals surface area contributed by atoms with E-state index in [0.717, 1.165) is 38.0 Å². The average molecular weight is 456 g/mol. The Bertz CT molecular complexity index is 963. The minimum atomic E-state index is -5.08. The summed E-state index contributed by atoms with van der Waals surface area (Å²) in [4.78, 5) is 26.1. The summed E-state index contributed by atoms with van der Waals surface area (Å²) < 4.78 is 46.9. The molecule has 11 heteroatoms. The van der Waals surface area contributed by atoms with Crippen molar-refractivity contribution in [2.45, 2.75) is 44.1 Å². The number of carboxylic acid groups (broad SMARTS) is 1.